The van der Waals surface area contributed by atoms with Crippen molar-refractivity contribution in [3.05, 3.63) is 0 Å². The molecule has 4 heteroatoms. The molecule has 15 heavy (non-hydrogen) atoms. The van der Waals surface area contributed by atoms with Crippen LogP contribution in [0, 0.1) is 10.8 Å². The van der Waals surface area contributed by atoms with Gasteiger partial charge in [0.15, 0.2) is 5.41 Å². The van der Waals surface area contributed by atoms with Gasteiger partial charge in [0.25, 0.3) is 0 Å². The maximum absolute atomic E-state index is 11.8. The van der Waals surface area contributed by atoms with E-state index in [0.717, 1.165) is 12.8 Å². The van der Waals surface area contributed by atoms with Gasteiger partial charge in [-0.3, -0.25) is 9.59 Å². The van der Waals surface area contributed by atoms with Crippen LogP contribution in [0.5, 0.6) is 0 Å². The van der Waals surface area contributed by atoms with Gasteiger partial charge in [0.1, 0.15) is 0 Å². The van der Waals surface area contributed by atoms with E-state index in [1.165, 1.54) is 0 Å². The number of hydrogen-bond donors (Lipinski definition) is 0. The Morgan fingerprint density at radius 1 is 1.07 bits per heavy atom. The quantitative estimate of drug-likeness (QED) is 0.520. The third kappa shape index (κ3) is 1.27. The van der Waals surface area contributed by atoms with Gasteiger partial charge in [-0.2, -0.15) is 0 Å². The van der Waals surface area contributed by atoms with Gasteiger partial charge in [-0.05, 0) is 38.5 Å². The van der Waals surface area contributed by atoms with Gasteiger partial charge in [0, 0.05) is 0 Å². The summed E-state index contributed by atoms with van der Waals surface area (Å²) in [7, 11) is 0. The van der Waals surface area contributed by atoms with Crippen molar-refractivity contribution in [2.24, 2.45) is 10.8 Å². The molecule has 2 aliphatic rings. The van der Waals surface area contributed by atoms with E-state index in [9.17, 15) is 9.59 Å². The van der Waals surface area contributed by atoms with Crippen LogP contribution in [0.4, 0.5) is 0 Å². The fourth-order valence-electron chi connectivity index (χ4n) is 2.39. The maximum Gasteiger partial charge on any atom is 0.324 e. The molecule has 2 rings (SSSR count). The van der Waals surface area contributed by atoms with Crippen molar-refractivity contribution >= 4 is 11.9 Å². The van der Waals surface area contributed by atoms with Crippen LogP contribution in [0.2, 0.25) is 0 Å². The van der Waals surface area contributed by atoms with Gasteiger partial charge >= 0.3 is 11.9 Å². The van der Waals surface area contributed by atoms with Crippen molar-refractivity contribution in [2.75, 3.05) is 13.2 Å². The van der Waals surface area contributed by atoms with Crippen molar-refractivity contribution < 1.29 is 19.1 Å². The van der Waals surface area contributed by atoms with Crippen LogP contribution in [0.15, 0.2) is 0 Å². The molecule has 4 nitrogen and oxygen atoms in total. The van der Waals surface area contributed by atoms with Crippen molar-refractivity contribution in [3.8, 4) is 0 Å². The summed E-state index contributed by atoms with van der Waals surface area (Å²) in [4.78, 5) is 23.6. The molecular formula is C11H16O4. The second-order valence-corrected chi connectivity index (χ2v) is 4.30. The number of carbonyl (C=O) groups is 2. The molecule has 0 N–H and O–H groups in total. The Labute approximate surface area is 88.9 Å². The summed E-state index contributed by atoms with van der Waals surface area (Å²) in [5, 5.41) is 0. The molecular weight excluding hydrogens is 196 g/mol. The standard InChI is InChI=1S/C11H16O4/c1-3-14-8(12)11(9(13)15-4-2)7-10(11)5-6-10/h3-7H2,1-2H3. The molecule has 0 amide bonds. The number of rotatable bonds is 4. The predicted octanol–water partition coefficient (Wildman–Crippen LogP) is 1.28. The molecule has 0 aromatic rings. The molecule has 0 atom stereocenters. The summed E-state index contributed by atoms with van der Waals surface area (Å²) >= 11 is 0. The highest BCUT2D eigenvalue weighted by atomic mass is 16.6. The number of hydrogen-bond acceptors (Lipinski definition) is 4. The lowest BCUT2D eigenvalue weighted by molar-refractivity contribution is -0.165. The summed E-state index contributed by atoms with van der Waals surface area (Å²) in [6.45, 7) is 4.13. The third-order valence-electron chi connectivity index (χ3n) is 3.49. The van der Waals surface area contributed by atoms with Crippen LogP contribution in [0.25, 0.3) is 0 Å². The van der Waals surface area contributed by atoms with Crippen LogP contribution >= 0.6 is 0 Å². The van der Waals surface area contributed by atoms with Crippen molar-refractivity contribution in [3.63, 3.8) is 0 Å². The molecule has 0 saturated heterocycles. The molecule has 0 aromatic heterocycles. The van der Waals surface area contributed by atoms with Gasteiger partial charge in [0.2, 0.25) is 0 Å². The fourth-order valence-corrected chi connectivity index (χ4v) is 2.39. The van der Waals surface area contributed by atoms with Gasteiger partial charge in [-0.15, -0.1) is 0 Å². The lowest BCUT2D eigenvalue weighted by Gasteiger charge is -2.13. The molecule has 0 radical (unpaired) electrons. The zero-order valence-corrected chi connectivity index (χ0v) is 9.17. The summed E-state index contributed by atoms with van der Waals surface area (Å²) in [5.41, 5.74) is -1.04. The van der Waals surface area contributed by atoms with Gasteiger partial charge in [0.05, 0.1) is 13.2 Å². The van der Waals surface area contributed by atoms with E-state index < -0.39 is 5.41 Å². The second-order valence-electron chi connectivity index (χ2n) is 4.30. The van der Waals surface area contributed by atoms with Crippen LogP contribution in [-0.2, 0) is 19.1 Å². The van der Waals surface area contributed by atoms with Gasteiger partial charge in [-0.25, -0.2) is 0 Å². The smallest absolute Gasteiger partial charge is 0.324 e. The topological polar surface area (TPSA) is 52.6 Å². The van der Waals surface area contributed by atoms with Crippen LogP contribution < -0.4 is 0 Å². The first-order valence-electron chi connectivity index (χ1n) is 5.47. The van der Waals surface area contributed by atoms with Crippen LogP contribution in [0.3, 0.4) is 0 Å². The van der Waals surface area contributed by atoms with E-state index in [4.69, 9.17) is 9.47 Å². The molecule has 0 aliphatic heterocycles. The largest absolute Gasteiger partial charge is 0.465 e. The van der Waals surface area contributed by atoms with E-state index >= 15 is 0 Å². The van der Waals surface area contributed by atoms with E-state index in [0.29, 0.717) is 19.6 Å². The van der Waals surface area contributed by atoms with Gasteiger partial charge < -0.3 is 9.47 Å². The minimum atomic E-state index is -0.945. The van der Waals surface area contributed by atoms with E-state index in [1.807, 2.05) is 0 Å². The second kappa shape index (κ2) is 3.22. The van der Waals surface area contributed by atoms with E-state index in [1.54, 1.807) is 13.8 Å². The van der Waals surface area contributed by atoms with Gasteiger partial charge in [-0.1, -0.05) is 0 Å². The summed E-state index contributed by atoms with van der Waals surface area (Å²) in [5.74, 6) is -0.776. The maximum atomic E-state index is 11.8. The Morgan fingerprint density at radius 3 is 1.80 bits per heavy atom. The Morgan fingerprint density at radius 2 is 1.53 bits per heavy atom. The fraction of sp³-hybridized carbons (Fsp3) is 0.818. The highest BCUT2D eigenvalue weighted by Crippen LogP contribution is 2.79. The van der Waals surface area contributed by atoms with Crippen LogP contribution in [-0.4, -0.2) is 25.2 Å². The summed E-state index contributed by atoms with van der Waals surface area (Å²) in [6, 6.07) is 0. The minimum absolute atomic E-state index is 0.0918. The highest BCUT2D eigenvalue weighted by Gasteiger charge is 2.83. The van der Waals surface area contributed by atoms with Crippen molar-refractivity contribution in [1.82, 2.24) is 0 Å². The lowest BCUT2D eigenvalue weighted by Crippen LogP contribution is -2.32. The Hall–Kier alpha value is -1.06. The Bertz CT molecular complexity index is 286. The average Bonchev–Trinajstić information content (AvgIpc) is 3.08. The Balaban J connectivity index is 2.13. The predicted molar refractivity (Wildman–Crippen MR) is 52.0 cm³/mol. The molecule has 2 saturated carbocycles. The SMILES string of the molecule is CCOC(=O)C1(C(=O)OCC)CC12CC2. The first kappa shape index (κ1) is 10.5. The van der Waals surface area contributed by atoms with Crippen LogP contribution in [0.1, 0.15) is 33.1 Å². The van der Waals surface area contributed by atoms with Crippen molar-refractivity contribution in [1.29, 1.82) is 0 Å². The first-order valence-corrected chi connectivity index (χ1v) is 5.47. The first-order chi connectivity index (χ1) is 7.13. The molecule has 2 fully saturated rings. The zero-order valence-electron chi connectivity index (χ0n) is 9.17. The van der Waals surface area contributed by atoms with E-state index in [2.05, 4.69) is 0 Å². The average molecular weight is 212 g/mol. The molecule has 84 valence electrons. The molecule has 0 unspecified atom stereocenters. The van der Waals surface area contributed by atoms with Crippen molar-refractivity contribution in [2.45, 2.75) is 33.1 Å². The third-order valence-corrected chi connectivity index (χ3v) is 3.49. The minimum Gasteiger partial charge on any atom is -0.465 e. The monoisotopic (exact) mass is 212 g/mol. The molecule has 0 heterocycles. The normalized spacial score (nSPS) is 23.3. The highest BCUT2D eigenvalue weighted by molar-refractivity contribution is 6.05. The summed E-state index contributed by atoms with van der Waals surface area (Å²) in [6.07, 6.45) is 2.52. The summed E-state index contributed by atoms with van der Waals surface area (Å²) < 4.78 is 9.94. The number of esters is 2. The number of ether oxygens (including phenoxy) is 2. The molecule has 2 aliphatic carbocycles. The molecule has 0 bridgehead atoms. The zero-order chi connectivity index (χ0) is 11.1. The van der Waals surface area contributed by atoms with E-state index in [-0.39, 0.29) is 17.4 Å². The lowest BCUT2D eigenvalue weighted by atomic mass is 10.0. The molecule has 1 spiro atoms. The number of carbonyl (C=O) groups excluding carboxylic acids is 2. The molecule has 0 aromatic carbocycles. The Kier molecular flexibility index (Phi) is 2.24.